The molecule has 5 rings (SSSR count). The lowest BCUT2D eigenvalue weighted by atomic mass is 9.84. The number of carbonyl (C=O) groups is 1. The van der Waals surface area contributed by atoms with Crippen LogP contribution in [0.3, 0.4) is 0 Å². The number of hydrogen-bond donors (Lipinski definition) is 2. The van der Waals surface area contributed by atoms with Crippen LogP contribution in [-0.2, 0) is 4.79 Å². The number of benzene rings is 3. The van der Waals surface area contributed by atoms with Crippen molar-refractivity contribution in [2.24, 2.45) is 0 Å². The number of amides is 1. The fourth-order valence-corrected chi connectivity index (χ4v) is 4.13. The Balaban J connectivity index is 1.68. The average molecular weight is 421 g/mol. The van der Waals surface area contributed by atoms with Crippen molar-refractivity contribution in [3.63, 3.8) is 0 Å². The van der Waals surface area contributed by atoms with Gasteiger partial charge in [-0.1, -0.05) is 23.7 Å². The van der Waals surface area contributed by atoms with Crippen molar-refractivity contribution in [2.75, 3.05) is 12.4 Å². The second kappa shape index (κ2) is 7.03. The van der Waals surface area contributed by atoms with E-state index in [2.05, 4.69) is 10.4 Å². The Morgan fingerprint density at radius 1 is 1.17 bits per heavy atom. The first-order chi connectivity index (χ1) is 14.5. The summed E-state index contributed by atoms with van der Waals surface area (Å²) in [4.78, 5) is 13.8. The van der Waals surface area contributed by atoms with Crippen LogP contribution in [0.25, 0.3) is 16.7 Å². The number of ether oxygens (including phenoxy) is 1. The van der Waals surface area contributed by atoms with Gasteiger partial charge in [0.2, 0.25) is 5.91 Å². The molecule has 0 radical (unpaired) electrons. The Kier molecular flexibility index (Phi) is 4.33. The number of anilines is 1. The minimum absolute atomic E-state index is 0.0791. The summed E-state index contributed by atoms with van der Waals surface area (Å²) in [6.07, 6.45) is 0.261. The maximum atomic E-state index is 12.3. The lowest BCUT2D eigenvalue weighted by Crippen LogP contribution is -2.23. The van der Waals surface area contributed by atoms with Crippen molar-refractivity contribution in [2.45, 2.75) is 12.3 Å². The number of methoxy groups -OCH3 is 1. The van der Waals surface area contributed by atoms with E-state index in [4.69, 9.17) is 21.4 Å². The zero-order valence-corrected chi connectivity index (χ0v) is 16.7. The Morgan fingerprint density at radius 3 is 2.80 bits per heavy atom. The number of carbonyl (C=O) groups excluding carboxylic acids is 1. The van der Waals surface area contributed by atoms with Crippen LogP contribution in [0.5, 0.6) is 11.5 Å². The normalized spacial score (nSPS) is 15.7. The fourth-order valence-electron chi connectivity index (χ4n) is 3.87. The van der Waals surface area contributed by atoms with E-state index < -0.39 is 0 Å². The van der Waals surface area contributed by atoms with E-state index in [0.29, 0.717) is 33.2 Å². The van der Waals surface area contributed by atoms with Gasteiger partial charge in [0.25, 0.3) is 0 Å². The number of nitrogens with zero attached hydrogens (tertiary/aromatic N) is 3. The van der Waals surface area contributed by atoms with Crippen LogP contribution in [0, 0.1) is 0 Å². The number of nitrogens with one attached hydrogen (secondary N) is 1. The van der Waals surface area contributed by atoms with Crippen molar-refractivity contribution < 1.29 is 14.6 Å². The molecule has 8 heteroatoms. The number of phenolic OH excluding ortho intramolecular Hbond substituents is 1. The molecule has 0 aliphatic carbocycles. The highest BCUT2D eigenvalue weighted by molar-refractivity contribution is 6.32. The molecular weight excluding hydrogens is 404 g/mol. The molecule has 3 aromatic carbocycles. The Morgan fingerprint density at radius 2 is 2.03 bits per heavy atom. The van der Waals surface area contributed by atoms with Gasteiger partial charge in [-0.05, 0) is 48.0 Å². The highest BCUT2D eigenvalue weighted by Gasteiger charge is 2.30. The predicted molar refractivity (Wildman–Crippen MR) is 114 cm³/mol. The van der Waals surface area contributed by atoms with E-state index in [1.807, 2.05) is 24.3 Å². The molecule has 1 aliphatic rings. The summed E-state index contributed by atoms with van der Waals surface area (Å²) in [5.74, 6) is 0.406. The van der Waals surface area contributed by atoms with Crippen LogP contribution in [0.4, 0.5) is 5.69 Å². The molecule has 2 N–H and O–H groups in total. The van der Waals surface area contributed by atoms with Crippen molar-refractivity contribution in [1.29, 1.82) is 0 Å². The predicted octanol–water partition coefficient (Wildman–Crippen LogP) is 4.26. The summed E-state index contributed by atoms with van der Waals surface area (Å²) in [6.45, 7) is 0. The molecule has 2 heterocycles. The molecule has 0 bridgehead atoms. The van der Waals surface area contributed by atoms with Crippen LogP contribution in [0.15, 0.2) is 54.6 Å². The van der Waals surface area contributed by atoms with Gasteiger partial charge in [-0.25, -0.2) is 0 Å². The monoisotopic (exact) mass is 420 g/mol. The minimum atomic E-state index is -0.242. The van der Waals surface area contributed by atoms with E-state index in [-0.39, 0.29) is 24.0 Å². The van der Waals surface area contributed by atoms with Crippen LogP contribution in [0.1, 0.15) is 23.5 Å². The molecule has 1 aromatic heterocycles. The van der Waals surface area contributed by atoms with Gasteiger partial charge in [-0.15, -0.1) is 10.2 Å². The van der Waals surface area contributed by atoms with Crippen molar-refractivity contribution in [3.05, 3.63) is 70.7 Å². The number of fused-ring (bicyclic) bond motifs is 3. The molecule has 7 nitrogen and oxygen atoms in total. The third-order valence-corrected chi connectivity index (χ3v) is 5.54. The zero-order chi connectivity index (χ0) is 20.8. The van der Waals surface area contributed by atoms with E-state index in [1.165, 1.54) is 4.80 Å². The summed E-state index contributed by atoms with van der Waals surface area (Å²) in [6, 6.07) is 15.9. The van der Waals surface area contributed by atoms with E-state index in [1.54, 1.807) is 37.4 Å². The second-order valence-corrected chi connectivity index (χ2v) is 7.51. The average Bonchev–Trinajstić information content (AvgIpc) is 3.17. The smallest absolute Gasteiger partial charge is 0.225 e. The van der Waals surface area contributed by atoms with Gasteiger partial charge in [-0.3, -0.25) is 4.79 Å². The van der Waals surface area contributed by atoms with Crippen LogP contribution in [0.2, 0.25) is 5.02 Å². The molecule has 30 heavy (non-hydrogen) atoms. The first-order valence-corrected chi connectivity index (χ1v) is 9.74. The van der Waals surface area contributed by atoms with Crippen LogP contribution in [-0.4, -0.2) is 33.1 Å². The molecule has 1 amide bonds. The van der Waals surface area contributed by atoms with Crippen molar-refractivity contribution >= 4 is 34.2 Å². The number of halogens is 1. The standard InChI is InChI=1S/C22H17ClN4O3/c1-30-19-8-5-13(10-16(19)23)27-25-18-7-6-17-21(22(18)26-27)15(11-20(29)24-17)12-3-2-4-14(28)9-12/h2-10,15,28H,11H2,1H3,(H,24,29)/t15-/m0/s1. The van der Waals surface area contributed by atoms with Crippen molar-refractivity contribution in [1.82, 2.24) is 15.0 Å². The largest absolute Gasteiger partial charge is 0.508 e. The third-order valence-electron chi connectivity index (χ3n) is 5.24. The summed E-state index contributed by atoms with van der Waals surface area (Å²) >= 11 is 6.26. The molecule has 0 unspecified atom stereocenters. The van der Waals surface area contributed by atoms with Crippen LogP contribution >= 0.6 is 11.6 Å². The maximum absolute atomic E-state index is 12.3. The van der Waals surface area contributed by atoms with Gasteiger partial charge in [-0.2, -0.15) is 4.80 Å². The third kappa shape index (κ3) is 3.04. The summed E-state index contributed by atoms with van der Waals surface area (Å²) in [5.41, 5.74) is 4.50. The topological polar surface area (TPSA) is 89.3 Å². The number of aromatic hydroxyl groups is 1. The highest BCUT2D eigenvalue weighted by Crippen LogP contribution is 2.41. The Bertz CT molecular complexity index is 1300. The quantitative estimate of drug-likeness (QED) is 0.517. The molecule has 0 saturated heterocycles. The van der Waals surface area contributed by atoms with Gasteiger partial charge in [0, 0.05) is 23.6 Å². The fraction of sp³-hybridized carbons (Fsp3) is 0.136. The zero-order valence-electron chi connectivity index (χ0n) is 16.0. The van der Waals surface area contributed by atoms with E-state index in [9.17, 15) is 9.90 Å². The first-order valence-electron chi connectivity index (χ1n) is 9.36. The lowest BCUT2D eigenvalue weighted by Gasteiger charge is -2.26. The highest BCUT2D eigenvalue weighted by atomic mass is 35.5. The van der Waals surface area contributed by atoms with E-state index in [0.717, 1.165) is 11.1 Å². The molecule has 0 spiro atoms. The van der Waals surface area contributed by atoms with Gasteiger partial charge >= 0.3 is 0 Å². The number of rotatable bonds is 3. The van der Waals surface area contributed by atoms with Gasteiger partial charge in [0.05, 0.1) is 17.8 Å². The maximum Gasteiger partial charge on any atom is 0.225 e. The molecule has 4 aromatic rings. The van der Waals surface area contributed by atoms with Gasteiger partial charge in [0.15, 0.2) is 0 Å². The first kappa shape index (κ1) is 18.4. The molecule has 1 atom stereocenters. The summed E-state index contributed by atoms with van der Waals surface area (Å²) in [5, 5.41) is 22.6. The number of phenols is 1. The van der Waals surface area contributed by atoms with Crippen molar-refractivity contribution in [3.8, 4) is 17.2 Å². The Hall–Kier alpha value is -3.58. The summed E-state index contributed by atoms with van der Waals surface area (Å²) < 4.78 is 5.21. The molecule has 150 valence electrons. The lowest BCUT2D eigenvalue weighted by molar-refractivity contribution is -0.116. The van der Waals surface area contributed by atoms with Crippen LogP contribution < -0.4 is 10.1 Å². The molecule has 1 aliphatic heterocycles. The number of hydrogen-bond acceptors (Lipinski definition) is 5. The minimum Gasteiger partial charge on any atom is -0.508 e. The Labute approximate surface area is 176 Å². The van der Waals surface area contributed by atoms with Gasteiger partial charge in [0.1, 0.15) is 22.5 Å². The molecular formula is C22H17ClN4O3. The summed E-state index contributed by atoms with van der Waals surface area (Å²) in [7, 11) is 1.56. The van der Waals surface area contributed by atoms with E-state index >= 15 is 0 Å². The number of aromatic nitrogens is 3. The second-order valence-electron chi connectivity index (χ2n) is 7.10. The van der Waals surface area contributed by atoms with Gasteiger partial charge < -0.3 is 15.2 Å². The SMILES string of the molecule is COc1ccc(-n2nc3ccc4c(c3n2)[C@H](c2cccc(O)c2)CC(=O)N4)cc1Cl. The molecule has 0 saturated carbocycles. The molecule has 0 fully saturated rings.